The molecule has 2 aromatic rings. The second-order valence-corrected chi connectivity index (χ2v) is 19.0. The molecule has 0 saturated heterocycles. The van der Waals surface area contributed by atoms with Gasteiger partial charge in [-0.2, -0.15) is 0 Å². The van der Waals surface area contributed by atoms with Crippen LogP contribution in [0.3, 0.4) is 0 Å². The molecular formula is C53H83N7O11S. The molecule has 19 heteroatoms. The third kappa shape index (κ3) is 29.2. The lowest BCUT2D eigenvalue weighted by Crippen LogP contribution is -2.49. The fraction of sp³-hybridized carbons (Fsp3) is 0.623. The molecule has 2 rings (SSSR count). The minimum Gasteiger partial charge on any atom is -0.481 e. The monoisotopic (exact) mass is 1030 g/mol. The van der Waals surface area contributed by atoms with Crippen LogP contribution in [0.15, 0.2) is 54.6 Å². The molecule has 0 radical (unpaired) electrons. The predicted octanol–water partition coefficient (Wildman–Crippen LogP) is 5.30. The van der Waals surface area contributed by atoms with E-state index in [2.05, 4.69) is 81.0 Å². The molecule has 0 aliphatic carbocycles. The highest BCUT2D eigenvalue weighted by molar-refractivity contribution is 7.80. The number of amides is 3. The number of urea groups is 1. The summed E-state index contributed by atoms with van der Waals surface area (Å²) in [6, 6.07) is 15.8. The van der Waals surface area contributed by atoms with E-state index in [9.17, 15) is 43.8 Å². The number of carboxylic acids is 4. The van der Waals surface area contributed by atoms with Crippen molar-refractivity contribution in [2.24, 2.45) is 5.92 Å². The van der Waals surface area contributed by atoms with Gasteiger partial charge in [0.2, 0.25) is 5.91 Å². The van der Waals surface area contributed by atoms with E-state index in [0.29, 0.717) is 38.9 Å². The maximum atomic E-state index is 13.4. The van der Waals surface area contributed by atoms with Crippen molar-refractivity contribution in [2.45, 2.75) is 129 Å². The summed E-state index contributed by atoms with van der Waals surface area (Å²) in [5.74, 6) is -5.22. The van der Waals surface area contributed by atoms with E-state index >= 15 is 0 Å². The molecule has 0 spiro atoms. The second-order valence-electron chi connectivity index (χ2n) is 18.4. The normalized spacial score (nSPS) is 12.6. The third-order valence-electron chi connectivity index (χ3n) is 12.5. The molecule has 8 N–H and O–H groups in total. The molecule has 0 saturated carbocycles. The summed E-state index contributed by atoms with van der Waals surface area (Å²) in [6.45, 7) is 12.8. The van der Waals surface area contributed by atoms with E-state index in [0.717, 1.165) is 106 Å². The lowest BCUT2D eigenvalue weighted by Gasteiger charge is -2.35. The van der Waals surface area contributed by atoms with E-state index in [1.165, 1.54) is 0 Å². The van der Waals surface area contributed by atoms with Crippen LogP contribution in [0.2, 0.25) is 0 Å². The van der Waals surface area contributed by atoms with E-state index in [-0.39, 0.29) is 69.5 Å². The van der Waals surface area contributed by atoms with Crippen LogP contribution >= 0.6 is 12.2 Å². The Labute approximate surface area is 432 Å². The van der Waals surface area contributed by atoms with Crippen molar-refractivity contribution in [1.29, 1.82) is 0 Å². The molecule has 0 bridgehead atoms. The third-order valence-corrected chi connectivity index (χ3v) is 12.9. The standard InChI is InChI=1S/C53H83N7O11S/c1-4-29-60(39-50(66)67)44(38-59(6-3)32-31-58(5-2)30-28-54-37-49(64)65)34-41-20-22-42(23-21-41)35-46(72)18-13-8-7-9-14-26-55-51(68)43(33-40-16-11-10-12-17-40)36-45(61)24-25-47(52(69)70)57-53(71)56-27-15-19-48(62)63/h10-12,16-17,20-23,43-44,47,54H,4-9,13-15,18-19,24-39H2,1-3H3,(H,55,68)(H,62,63)(H,64,65)(H,66,67)(H,69,70)(H2,56,57,71)/t43-,44?,47+/m1/s1. The maximum Gasteiger partial charge on any atom is 0.326 e. The van der Waals surface area contributed by atoms with Crippen LogP contribution in [0.4, 0.5) is 4.79 Å². The maximum absolute atomic E-state index is 13.4. The predicted molar refractivity (Wildman–Crippen MR) is 283 cm³/mol. The Kier molecular flexibility index (Phi) is 32.6. The Morgan fingerprint density at radius 1 is 0.625 bits per heavy atom. The SMILES string of the molecule is CCCN(CC(=O)O)C(Cc1ccc(CC(=S)CCCCCCCNC(=O)[C@@H](CC(=O)CC[C@H](NC(=O)NCCCC(=O)O)C(=O)O)Cc2ccccc2)cc1)CN(CC)CCN(CC)CCNCC(=O)O. The van der Waals surface area contributed by atoms with Crippen LogP contribution in [0, 0.1) is 5.92 Å². The van der Waals surface area contributed by atoms with Crippen molar-refractivity contribution in [3.63, 3.8) is 0 Å². The zero-order chi connectivity index (χ0) is 53.1. The van der Waals surface area contributed by atoms with Gasteiger partial charge in [0.1, 0.15) is 11.8 Å². The van der Waals surface area contributed by atoms with Crippen molar-refractivity contribution in [2.75, 3.05) is 78.5 Å². The van der Waals surface area contributed by atoms with E-state index in [4.69, 9.17) is 22.4 Å². The number of nitrogens with one attached hydrogen (secondary N) is 4. The van der Waals surface area contributed by atoms with Crippen LogP contribution in [0.25, 0.3) is 0 Å². The van der Waals surface area contributed by atoms with Gasteiger partial charge < -0.3 is 51.5 Å². The molecule has 402 valence electrons. The van der Waals surface area contributed by atoms with Gasteiger partial charge in [0.05, 0.1) is 13.1 Å². The summed E-state index contributed by atoms with van der Waals surface area (Å²) in [4.78, 5) is 91.7. The van der Waals surface area contributed by atoms with E-state index in [1.54, 1.807) is 0 Å². The lowest BCUT2D eigenvalue weighted by molar-refractivity contribution is -0.140. The topological polar surface area (TPSA) is 258 Å². The number of nitrogens with zero attached hydrogens (tertiary/aromatic N) is 3. The first-order chi connectivity index (χ1) is 34.5. The number of hydrogen-bond donors (Lipinski definition) is 8. The number of benzene rings is 2. The van der Waals surface area contributed by atoms with Gasteiger partial charge >= 0.3 is 29.9 Å². The van der Waals surface area contributed by atoms with E-state index in [1.807, 2.05) is 30.3 Å². The number of carbonyl (C=O) groups excluding carboxylic acids is 3. The van der Waals surface area contributed by atoms with Gasteiger partial charge in [0.15, 0.2) is 0 Å². The molecule has 0 heterocycles. The van der Waals surface area contributed by atoms with Crippen LogP contribution in [0.5, 0.6) is 0 Å². The minimum atomic E-state index is -1.33. The molecular weight excluding hydrogens is 943 g/mol. The summed E-state index contributed by atoms with van der Waals surface area (Å²) in [6.07, 6.45) is 7.70. The zero-order valence-electron chi connectivity index (χ0n) is 42.9. The smallest absolute Gasteiger partial charge is 0.326 e. The first kappa shape index (κ1) is 62.8. The fourth-order valence-corrected chi connectivity index (χ4v) is 8.75. The number of rotatable bonds is 43. The molecule has 2 aromatic carbocycles. The number of aliphatic carboxylic acids is 4. The molecule has 1 unspecified atom stereocenters. The Balaban J connectivity index is 1.83. The number of hydrogen-bond acceptors (Lipinski definition) is 12. The molecule has 0 aliphatic heterocycles. The minimum absolute atomic E-state index is 0.000721. The summed E-state index contributed by atoms with van der Waals surface area (Å²) in [7, 11) is 0. The average molecular weight is 1030 g/mol. The average Bonchev–Trinajstić information content (AvgIpc) is 3.34. The number of carbonyl (C=O) groups is 7. The van der Waals surface area contributed by atoms with Gasteiger partial charge in [-0.15, -0.1) is 0 Å². The van der Waals surface area contributed by atoms with Gasteiger partial charge in [-0.3, -0.25) is 28.9 Å². The highest BCUT2D eigenvalue weighted by Gasteiger charge is 2.26. The zero-order valence-corrected chi connectivity index (χ0v) is 43.7. The van der Waals surface area contributed by atoms with Gasteiger partial charge in [0.25, 0.3) is 0 Å². The van der Waals surface area contributed by atoms with Gasteiger partial charge in [0, 0.05) is 83.5 Å². The first-order valence-corrected chi connectivity index (χ1v) is 26.2. The van der Waals surface area contributed by atoms with Crippen LogP contribution < -0.4 is 21.3 Å². The molecule has 0 aliphatic rings. The number of carboxylic acid groups (broad SMARTS) is 4. The second kappa shape index (κ2) is 37.4. The summed E-state index contributed by atoms with van der Waals surface area (Å²) < 4.78 is 0. The molecule has 0 fully saturated rings. The van der Waals surface area contributed by atoms with Crippen LogP contribution in [-0.4, -0.2) is 172 Å². The van der Waals surface area contributed by atoms with Crippen molar-refractivity contribution in [1.82, 2.24) is 36.0 Å². The van der Waals surface area contributed by atoms with Gasteiger partial charge in [-0.05, 0) is 92.6 Å². The van der Waals surface area contributed by atoms with Crippen LogP contribution in [0.1, 0.15) is 115 Å². The van der Waals surface area contributed by atoms with Gasteiger partial charge in [-0.25, -0.2) is 9.59 Å². The van der Waals surface area contributed by atoms with Crippen LogP contribution in [-0.2, 0) is 48.0 Å². The van der Waals surface area contributed by atoms with Crippen molar-refractivity contribution in [3.05, 3.63) is 71.3 Å². The quantitative estimate of drug-likeness (QED) is 0.0310. The Morgan fingerprint density at radius 2 is 1.26 bits per heavy atom. The number of Topliss-reactive ketones (excluding diaryl/α,β-unsaturated/α-hetero) is 1. The molecule has 18 nitrogen and oxygen atoms in total. The van der Waals surface area contributed by atoms with Crippen molar-refractivity contribution in [3.8, 4) is 0 Å². The van der Waals surface area contributed by atoms with Gasteiger partial charge in [-0.1, -0.05) is 107 Å². The van der Waals surface area contributed by atoms with E-state index < -0.39 is 41.9 Å². The Morgan fingerprint density at radius 3 is 1.90 bits per heavy atom. The number of unbranched alkanes of at least 4 members (excludes halogenated alkanes) is 4. The summed E-state index contributed by atoms with van der Waals surface area (Å²) >= 11 is 5.79. The molecule has 72 heavy (non-hydrogen) atoms. The molecule has 3 atom stereocenters. The molecule has 0 aromatic heterocycles. The van der Waals surface area contributed by atoms with Crippen molar-refractivity contribution >= 4 is 58.7 Å². The van der Waals surface area contributed by atoms with Crippen molar-refractivity contribution < 1.29 is 54.0 Å². The number of likely N-dealkylation sites (N-methyl/N-ethyl adjacent to an activating group) is 2. The first-order valence-electron chi connectivity index (χ1n) is 25.8. The summed E-state index contributed by atoms with van der Waals surface area (Å²) in [5.41, 5.74) is 3.18. The lowest BCUT2D eigenvalue weighted by atomic mass is 9.91. The highest BCUT2D eigenvalue weighted by Crippen LogP contribution is 2.18. The summed E-state index contributed by atoms with van der Waals surface area (Å²) in [5, 5.41) is 47.8. The Bertz CT molecular complexity index is 1940. The Hall–Kier alpha value is -5.34. The number of thiocarbonyl (C=S) groups is 1. The largest absolute Gasteiger partial charge is 0.481 e. The highest BCUT2D eigenvalue weighted by atomic mass is 32.1. The molecule has 3 amide bonds. The fourth-order valence-electron chi connectivity index (χ4n) is 8.44. The number of ketones is 1.